The number of anilines is 1. The van der Waals surface area contributed by atoms with Crippen LogP contribution in [0.25, 0.3) is 0 Å². The van der Waals surface area contributed by atoms with Crippen molar-refractivity contribution in [3.63, 3.8) is 0 Å². The van der Waals surface area contributed by atoms with Gasteiger partial charge in [0, 0.05) is 12.6 Å². The number of carboxylic acids is 1. The van der Waals surface area contributed by atoms with Crippen LogP contribution in [0.5, 0.6) is 0 Å². The van der Waals surface area contributed by atoms with Crippen LogP contribution in [-0.4, -0.2) is 28.6 Å². The van der Waals surface area contributed by atoms with E-state index in [1.165, 1.54) is 25.7 Å². The molecule has 90 valence electrons. The molecule has 0 saturated heterocycles. The zero-order valence-electron chi connectivity index (χ0n) is 9.67. The second-order valence-corrected chi connectivity index (χ2v) is 5.01. The van der Waals surface area contributed by atoms with E-state index in [0.717, 1.165) is 18.3 Å². The molecule has 1 N–H and O–H groups in total. The minimum atomic E-state index is -0.950. The molecule has 0 atom stereocenters. The van der Waals surface area contributed by atoms with E-state index in [1.54, 1.807) is 12.1 Å². The summed E-state index contributed by atoms with van der Waals surface area (Å²) in [5.74, 6) is 0.680. The second kappa shape index (κ2) is 4.02. The molecule has 4 nitrogen and oxygen atoms in total. The Balaban J connectivity index is 1.83. The number of aromatic carboxylic acids is 1. The molecule has 1 aromatic heterocycles. The number of carboxylic acid groups (broad SMARTS) is 1. The molecule has 0 unspecified atom stereocenters. The molecule has 1 aromatic rings. The lowest BCUT2D eigenvalue weighted by Gasteiger charge is -2.23. The summed E-state index contributed by atoms with van der Waals surface area (Å²) < 4.78 is 0. The van der Waals surface area contributed by atoms with E-state index >= 15 is 0 Å². The second-order valence-electron chi connectivity index (χ2n) is 5.01. The lowest BCUT2D eigenvalue weighted by Crippen LogP contribution is -2.29. The van der Waals surface area contributed by atoms with Crippen molar-refractivity contribution >= 4 is 11.8 Å². The Bertz CT molecular complexity index is 439. The van der Waals surface area contributed by atoms with Gasteiger partial charge in [-0.25, -0.2) is 9.78 Å². The summed E-state index contributed by atoms with van der Waals surface area (Å²) in [5, 5.41) is 8.96. The van der Waals surface area contributed by atoms with Crippen LogP contribution in [0.2, 0.25) is 0 Å². The summed E-state index contributed by atoms with van der Waals surface area (Å²) in [5.41, 5.74) is 0.143. The first-order valence-electron chi connectivity index (χ1n) is 6.21. The summed E-state index contributed by atoms with van der Waals surface area (Å²) in [7, 11) is 0. The van der Waals surface area contributed by atoms with Crippen molar-refractivity contribution in [1.82, 2.24) is 4.98 Å². The Morgan fingerprint density at radius 1 is 1.35 bits per heavy atom. The minimum absolute atomic E-state index is 0.143. The predicted molar refractivity (Wildman–Crippen MR) is 64.3 cm³/mol. The van der Waals surface area contributed by atoms with Crippen molar-refractivity contribution in [2.45, 2.75) is 31.7 Å². The fourth-order valence-electron chi connectivity index (χ4n) is 2.10. The molecule has 2 saturated carbocycles. The number of nitrogens with zero attached hydrogens (tertiary/aromatic N) is 2. The van der Waals surface area contributed by atoms with Crippen molar-refractivity contribution in [2.24, 2.45) is 5.92 Å². The first-order valence-corrected chi connectivity index (χ1v) is 6.21. The summed E-state index contributed by atoms with van der Waals surface area (Å²) in [6.07, 6.45) is 5.04. The zero-order valence-corrected chi connectivity index (χ0v) is 9.67. The van der Waals surface area contributed by atoms with Crippen LogP contribution < -0.4 is 4.90 Å². The maximum absolute atomic E-state index is 10.9. The van der Waals surface area contributed by atoms with Crippen molar-refractivity contribution in [1.29, 1.82) is 0 Å². The maximum Gasteiger partial charge on any atom is 0.354 e. The van der Waals surface area contributed by atoms with Crippen LogP contribution in [0.4, 0.5) is 5.82 Å². The van der Waals surface area contributed by atoms with Gasteiger partial charge in [0.05, 0.1) is 0 Å². The smallest absolute Gasteiger partial charge is 0.354 e. The van der Waals surface area contributed by atoms with Gasteiger partial charge in [-0.05, 0) is 43.7 Å². The van der Waals surface area contributed by atoms with E-state index in [9.17, 15) is 4.79 Å². The van der Waals surface area contributed by atoms with E-state index in [1.807, 2.05) is 6.07 Å². The van der Waals surface area contributed by atoms with Crippen LogP contribution in [0.15, 0.2) is 18.2 Å². The monoisotopic (exact) mass is 232 g/mol. The van der Waals surface area contributed by atoms with E-state index < -0.39 is 5.97 Å². The highest BCUT2D eigenvalue weighted by Crippen LogP contribution is 2.36. The SMILES string of the molecule is O=C(O)c1cccc(N(CC2CC2)C2CC2)n1. The third kappa shape index (κ3) is 2.40. The Labute approximate surface area is 100 Å². The van der Waals surface area contributed by atoms with Crippen molar-refractivity contribution in [3.05, 3.63) is 23.9 Å². The molecular weight excluding hydrogens is 216 g/mol. The van der Waals surface area contributed by atoms with Crippen molar-refractivity contribution in [2.75, 3.05) is 11.4 Å². The number of carbonyl (C=O) groups is 1. The van der Waals surface area contributed by atoms with Crippen LogP contribution in [0, 0.1) is 5.92 Å². The maximum atomic E-state index is 10.9. The zero-order chi connectivity index (χ0) is 11.8. The Morgan fingerprint density at radius 2 is 2.12 bits per heavy atom. The molecule has 0 bridgehead atoms. The first-order chi connectivity index (χ1) is 8.24. The van der Waals surface area contributed by atoms with Crippen LogP contribution >= 0.6 is 0 Å². The standard InChI is InChI=1S/C13H16N2O2/c16-13(17)11-2-1-3-12(14-11)15(10-6-7-10)8-9-4-5-9/h1-3,9-10H,4-8H2,(H,16,17). The van der Waals surface area contributed by atoms with Gasteiger partial charge in [-0.15, -0.1) is 0 Å². The largest absolute Gasteiger partial charge is 0.477 e. The van der Waals surface area contributed by atoms with Crippen LogP contribution in [0.1, 0.15) is 36.2 Å². The Hall–Kier alpha value is -1.58. The average molecular weight is 232 g/mol. The normalized spacial score (nSPS) is 19.1. The van der Waals surface area contributed by atoms with Crippen LogP contribution in [0.3, 0.4) is 0 Å². The molecule has 0 radical (unpaired) electrons. The Morgan fingerprint density at radius 3 is 2.71 bits per heavy atom. The Kier molecular flexibility index (Phi) is 2.50. The van der Waals surface area contributed by atoms with E-state index in [2.05, 4.69) is 9.88 Å². The quantitative estimate of drug-likeness (QED) is 0.845. The van der Waals surface area contributed by atoms with E-state index in [4.69, 9.17) is 5.11 Å². The summed E-state index contributed by atoms with van der Waals surface area (Å²) in [4.78, 5) is 17.5. The minimum Gasteiger partial charge on any atom is -0.477 e. The van der Waals surface area contributed by atoms with Gasteiger partial charge in [0.2, 0.25) is 0 Å². The van der Waals surface area contributed by atoms with E-state index in [-0.39, 0.29) is 5.69 Å². The number of pyridine rings is 1. The molecular formula is C13H16N2O2. The number of rotatable bonds is 5. The van der Waals surface area contributed by atoms with Crippen molar-refractivity contribution in [3.8, 4) is 0 Å². The number of aromatic nitrogens is 1. The van der Waals surface area contributed by atoms with Gasteiger partial charge < -0.3 is 10.0 Å². The molecule has 2 aliphatic carbocycles. The van der Waals surface area contributed by atoms with Crippen LogP contribution in [-0.2, 0) is 0 Å². The molecule has 3 rings (SSSR count). The average Bonchev–Trinajstić information content (AvgIpc) is 3.18. The molecule has 2 aliphatic rings. The highest BCUT2D eigenvalue weighted by Gasteiger charge is 2.34. The summed E-state index contributed by atoms with van der Waals surface area (Å²) >= 11 is 0. The highest BCUT2D eigenvalue weighted by atomic mass is 16.4. The third-order valence-electron chi connectivity index (χ3n) is 3.39. The van der Waals surface area contributed by atoms with Gasteiger partial charge in [0.15, 0.2) is 5.69 Å². The number of hydrogen-bond acceptors (Lipinski definition) is 3. The molecule has 2 fully saturated rings. The first kappa shape index (κ1) is 10.6. The lowest BCUT2D eigenvalue weighted by molar-refractivity contribution is 0.0690. The molecule has 0 aliphatic heterocycles. The number of hydrogen-bond donors (Lipinski definition) is 1. The molecule has 17 heavy (non-hydrogen) atoms. The molecule has 0 spiro atoms. The molecule has 4 heteroatoms. The van der Waals surface area contributed by atoms with Gasteiger partial charge in [-0.3, -0.25) is 0 Å². The van der Waals surface area contributed by atoms with Gasteiger partial charge in [0.25, 0.3) is 0 Å². The third-order valence-corrected chi connectivity index (χ3v) is 3.39. The molecule has 0 amide bonds. The summed E-state index contributed by atoms with van der Waals surface area (Å²) in [6.45, 7) is 1.04. The van der Waals surface area contributed by atoms with Crippen molar-refractivity contribution < 1.29 is 9.90 Å². The topological polar surface area (TPSA) is 53.4 Å². The predicted octanol–water partition coefficient (Wildman–Crippen LogP) is 2.16. The lowest BCUT2D eigenvalue weighted by atomic mass is 10.3. The van der Waals surface area contributed by atoms with E-state index in [0.29, 0.717) is 6.04 Å². The van der Waals surface area contributed by atoms with Gasteiger partial charge >= 0.3 is 5.97 Å². The highest BCUT2D eigenvalue weighted by molar-refractivity contribution is 5.85. The van der Waals surface area contributed by atoms with Gasteiger partial charge in [0.1, 0.15) is 5.82 Å². The van der Waals surface area contributed by atoms with Gasteiger partial charge in [-0.2, -0.15) is 0 Å². The fourth-order valence-corrected chi connectivity index (χ4v) is 2.10. The summed E-state index contributed by atoms with van der Waals surface area (Å²) in [6, 6.07) is 5.85. The molecule has 0 aromatic carbocycles. The van der Waals surface area contributed by atoms with Gasteiger partial charge in [-0.1, -0.05) is 6.07 Å². The fraction of sp³-hybridized carbons (Fsp3) is 0.538. The molecule has 1 heterocycles.